The molecule has 0 spiro atoms. The van der Waals surface area contributed by atoms with Gasteiger partial charge in [0.1, 0.15) is 0 Å². The van der Waals surface area contributed by atoms with Gasteiger partial charge in [0.05, 0.1) is 11.6 Å². The van der Waals surface area contributed by atoms with Crippen molar-refractivity contribution in [2.24, 2.45) is 11.8 Å². The fraction of sp³-hybridized carbons (Fsp3) is 0.647. The molecule has 1 saturated carbocycles. The van der Waals surface area contributed by atoms with Gasteiger partial charge in [0, 0.05) is 0 Å². The number of aliphatic hydroxyl groups is 1. The highest BCUT2D eigenvalue weighted by atomic mass is 16.3. The van der Waals surface area contributed by atoms with Crippen LogP contribution in [0.4, 0.5) is 0 Å². The highest BCUT2D eigenvalue weighted by molar-refractivity contribution is 5.34. The highest BCUT2D eigenvalue weighted by Crippen LogP contribution is 2.44. The average Bonchev–Trinajstić information content (AvgIpc) is 2.43. The van der Waals surface area contributed by atoms with Crippen LogP contribution < -0.4 is 5.32 Å². The van der Waals surface area contributed by atoms with Crippen molar-refractivity contribution in [1.82, 2.24) is 5.32 Å². The van der Waals surface area contributed by atoms with Gasteiger partial charge < -0.3 is 10.4 Å². The van der Waals surface area contributed by atoms with Gasteiger partial charge in [-0.1, -0.05) is 38.1 Å². The minimum absolute atomic E-state index is 0.118. The van der Waals surface area contributed by atoms with Crippen LogP contribution in [0.2, 0.25) is 0 Å². The van der Waals surface area contributed by atoms with Crippen LogP contribution in [-0.4, -0.2) is 17.3 Å². The summed E-state index contributed by atoms with van der Waals surface area (Å²) in [6.07, 6.45) is 4.05. The molecule has 0 saturated heterocycles. The number of nitrogens with one attached hydrogen (secondary N) is 1. The van der Waals surface area contributed by atoms with E-state index in [0.717, 1.165) is 38.1 Å². The lowest BCUT2D eigenvalue weighted by molar-refractivity contribution is -0.0604. The van der Waals surface area contributed by atoms with Crippen molar-refractivity contribution in [2.45, 2.75) is 51.2 Å². The predicted molar refractivity (Wildman–Crippen MR) is 78.0 cm³/mol. The number of benzene rings is 1. The lowest BCUT2D eigenvalue weighted by Crippen LogP contribution is -2.50. The zero-order valence-electron chi connectivity index (χ0n) is 12.0. The molecule has 0 aromatic heterocycles. The number of fused-ring (bicyclic) bond motifs is 1. The molecular weight excluding hydrogens is 234 g/mol. The first kappa shape index (κ1) is 13.1. The fourth-order valence-corrected chi connectivity index (χ4v) is 3.87. The minimum Gasteiger partial charge on any atom is -0.388 e. The number of hydrogen-bond acceptors (Lipinski definition) is 2. The van der Waals surface area contributed by atoms with E-state index in [1.165, 1.54) is 11.1 Å². The van der Waals surface area contributed by atoms with Crippen LogP contribution in [0.3, 0.4) is 0 Å². The molecule has 4 unspecified atom stereocenters. The molecule has 0 radical (unpaired) electrons. The maximum absolute atomic E-state index is 11.2. The monoisotopic (exact) mass is 259 g/mol. The van der Waals surface area contributed by atoms with Crippen molar-refractivity contribution in [3.63, 3.8) is 0 Å². The number of hydrogen-bond donors (Lipinski definition) is 2. The van der Waals surface area contributed by atoms with Gasteiger partial charge >= 0.3 is 0 Å². The van der Waals surface area contributed by atoms with Gasteiger partial charge in [0.15, 0.2) is 0 Å². The Morgan fingerprint density at radius 3 is 2.79 bits per heavy atom. The van der Waals surface area contributed by atoms with Gasteiger partial charge in [-0.25, -0.2) is 0 Å². The van der Waals surface area contributed by atoms with Gasteiger partial charge in [-0.2, -0.15) is 0 Å². The quantitative estimate of drug-likeness (QED) is 0.812. The van der Waals surface area contributed by atoms with Crippen LogP contribution in [0.15, 0.2) is 24.3 Å². The molecule has 2 aliphatic rings. The van der Waals surface area contributed by atoms with Crippen molar-refractivity contribution < 1.29 is 5.11 Å². The molecule has 0 amide bonds. The molecule has 1 aliphatic carbocycles. The Kier molecular flexibility index (Phi) is 3.40. The van der Waals surface area contributed by atoms with Crippen molar-refractivity contribution in [3.05, 3.63) is 35.4 Å². The maximum Gasteiger partial charge on any atom is 0.0844 e. The van der Waals surface area contributed by atoms with Crippen LogP contribution in [0.25, 0.3) is 0 Å². The van der Waals surface area contributed by atoms with Crippen molar-refractivity contribution in [1.29, 1.82) is 0 Å². The molecule has 2 nitrogen and oxygen atoms in total. The summed E-state index contributed by atoms with van der Waals surface area (Å²) in [4.78, 5) is 0. The van der Waals surface area contributed by atoms with Crippen molar-refractivity contribution in [2.75, 3.05) is 6.54 Å². The fourth-order valence-electron chi connectivity index (χ4n) is 3.87. The standard InChI is InChI=1S/C17H25NO/c1-12-7-9-17(19,11-13(12)2)16-15-6-4-3-5-14(15)8-10-18-16/h3-6,12-13,16,18-19H,7-11H2,1-2H3. The first-order valence-corrected chi connectivity index (χ1v) is 7.64. The Bertz CT molecular complexity index is 458. The summed E-state index contributed by atoms with van der Waals surface area (Å²) in [6, 6.07) is 8.72. The third kappa shape index (κ3) is 2.32. The first-order chi connectivity index (χ1) is 9.10. The summed E-state index contributed by atoms with van der Waals surface area (Å²) in [7, 11) is 0. The zero-order chi connectivity index (χ0) is 13.5. The molecule has 1 aromatic rings. The molecule has 0 bridgehead atoms. The summed E-state index contributed by atoms with van der Waals surface area (Å²) in [5, 5.41) is 14.7. The molecule has 4 atom stereocenters. The second-order valence-electron chi connectivity index (χ2n) is 6.64. The topological polar surface area (TPSA) is 32.3 Å². The van der Waals surface area contributed by atoms with Crippen molar-refractivity contribution >= 4 is 0 Å². The van der Waals surface area contributed by atoms with E-state index in [9.17, 15) is 5.11 Å². The van der Waals surface area contributed by atoms with E-state index in [4.69, 9.17) is 0 Å². The average molecular weight is 259 g/mol. The SMILES string of the molecule is CC1CCC(O)(C2NCCc3ccccc32)CC1C. The van der Waals surface area contributed by atoms with Crippen molar-refractivity contribution in [3.8, 4) is 0 Å². The Hall–Kier alpha value is -0.860. The molecule has 1 aliphatic heterocycles. The zero-order valence-corrected chi connectivity index (χ0v) is 12.0. The molecule has 1 aromatic carbocycles. The maximum atomic E-state index is 11.2. The largest absolute Gasteiger partial charge is 0.388 e. The Balaban J connectivity index is 1.90. The lowest BCUT2D eigenvalue weighted by Gasteiger charge is -2.46. The van der Waals surface area contributed by atoms with E-state index in [1.54, 1.807) is 0 Å². The Labute approximate surface area is 116 Å². The second-order valence-corrected chi connectivity index (χ2v) is 6.64. The van der Waals surface area contributed by atoms with E-state index >= 15 is 0 Å². The highest BCUT2D eigenvalue weighted by Gasteiger charge is 2.44. The van der Waals surface area contributed by atoms with E-state index in [0.29, 0.717) is 5.92 Å². The van der Waals surface area contributed by atoms with E-state index in [1.807, 2.05) is 0 Å². The van der Waals surface area contributed by atoms with Crippen LogP contribution in [-0.2, 0) is 6.42 Å². The summed E-state index contributed by atoms with van der Waals surface area (Å²) in [6.45, 7) is 5.57. The number of rotatable bonds is 1. The smallest absolute Gasteiger partial charge is 0.0844 e. The van der Waals surface area contributed by atoms with Crippen LogP contribution >= 0.6 is 0 Å². The van der Waals surface area contributed by atoms with Crippen LogP contribution in [0.1, 0.15) is 50.3 Å². The third-order valence-electron chi connectivity index (χ3n) is 5.33. The van der Waals surface area contributed by atoms with E-state index in [2.05, 4.69) is 43.4 Å². The Morgan fingerprint density at radius 2 is 2.00 bits per heavy atom. The van der Waals surface area contributed by atoms with Crippen LogP contribution in [0, 0.1) is 11.8 Å². The molecule has 2 heteroatoms. The molecule has 19 heavy (non-hydrogen) atoms. The normalized spacial score (nSPS) is 38.8. The summed E-state index contributed by atoms with van der Waals surface area (Å²) in [5.41, 5.74) is 2.16. The molecule has 3 rings (SSSR count). The van der Waals surface area contributed by atoms with Gasteiger partial charge in [-0.05, 0) is 55.2 Å². The van der Waals surface area contributed by atoms with Crippen LogP contribution in [0.5, 0.6) is 0 Å². The molecular formula is C17H25NO. The second kappa shape index (κ2) is 4.92. The molecule has 2 N–H and O–H groups in total. The summed E-state index contributed by atoms with van der Waals surface area (Å²) < 4.78 is 0. The van der Waals surface area contributed by atoms with Gasteiger partial charge in [-0.3, -0.25) is 0 Å². The summed E-state index contributed by atoms with van der Waals surface area (Å²) >= 11 is 0. The third-order valence-corrected chi connectivity index (χ3v) is 5.33. The molecule has 1 fully saturated rings. The Morgan fingerprint density at radius 1 is 1.21 bits per heavy atom. The summed E-state index contributed by atoms with van der Waals surface area (Å²) in [5.74, 6) is 1.34. The molecule has 1 heterocycles. The van der Waals surface area contributed by atoms with Gasteiger partial charge in [-0.15, -0.1) is 0 Å². The predicted octanol–water partition coefficient (Wildman–Crippen LogP) is 3.06. The van der Waals surface area contributed by atoms with Gasteiger partial charge in [0.2, 0.25) is 0 Å². The first-order valence-electron chi connectivity index (χ1n) is 7.64. The van der Waals surface area contributed by atoms with E-state index < -0.39 is 5.60 Å². The lowest BCUT2D eigenvalue weighted by atomic mass is 9.68. The van der Waals surface area contributed by atoms with E-state index in [-0.39, 0.29) is 6.04 Å². The minimum atomic E-state index is -0.567. The molecule has 104 valence electrons. The van der Waals surface area contributed by atoms with Gasteiger partial charge in [0.25, 0.3) is 0 Å².